The molecule has 1 aromatic heterocycles. The molecular weight excluding hydrogens is 182 g/mol. The fraction of sp³-hybridized carbons (Fsp3) is 0.357. The monoisotopic (exact) mass is 199 g/mol. The molecule has 0 saturated heterocycles. The van der Waals surface area contributed by atoms with E-state index in [9.17, 15) is 0 Å². The second kappa shape index (κ2) is 3.34. The molecule has 0 bridgehead atoms. The minimum Gasteiger partial charge on any atom is -0.256 e. The highest BCUT2D eigenvalue weighted by molar-refractivity contribution is 5.85. The molecule has 15 heavy (non-hydrogen) atoms. The van der Waals surface area contributed by atoms with Gasteiger partial charge in [0, 0.05) is 11.6 Å². The van der Waals surface area contributed by atoms with Crippen LogP contribution >= 0.6 is 0 Å². The average molecular weight is 199 g/mol. The second-order valence-electron chi connectivity index (χ2n) is 5.08. The third-order valence-corrected chi connectivity index (χ3v) is 2.78. The lowest BCUT2D eigenvalue weighted by Crippen LogP contribution is -2.12. The van der Waals surface area contributed by atoms with Crippen molar-refractivity contribution >= 4 is 10.9 Å². The Morgan fingerprint density at radius 3 is 2.47 bits per heavy atom. The lowest BCUT2D eigenvalue weighted by Gasteiger charge is -2.21. The summed E-state index contributed by atoms with van der Waals surface area (Å²) >= 11 is 0. The maximum absolute atomic E-state index is 4.45. The van der Waals surface area contributed by atoms with E-state index in [1.54, 1.807) is 0 Å². The molecule has 2 aromatic rings. The van der Waals surface area contributed by atoms with E-state index in [-0.39, 0.29) is 5.41 Å². The first kappa shape index (κ1) is 10.2. The summed E-state index contributed by atoms with van der Waals surface area (Å²) in [6.07, 6.45) is 1.86. The maximum Gasteiger partial charge on any atom is 0.0734 e. The van der Waals surface area contributed by atoms with E-state index in [1.165, 1.54) is 16.5 Å². The highest BCUT2D eigenvalue weighted by atomic mass is 14.6. The van der Waals surface area contributed by atoms with Gasteiger partial charge in [-0.15, -0.1) is 0 Å². The minimum atomic E-state index is 0.176. The van der Waals surface area contributed by atoms with Crippen molar-refractivity contribution in [1.82, 2.24) is 4.98 Å². The Morgan fingerprint density at radius 2 is 1.80 bits per heavy atom. The van der Waals surface area contributed by atoms with E-state index in [1.807, 2.05) is 12.3 Å². The fourth-order valence-corrected chi connectivity index (χ4v) is 1.97. The van der Waals surface area contributed by atoms with Crippen LogP contribution < -0.4 is 0 Å². The molecule has 0 amide bonds. The standard InChI is InChI=1S/C14H17N/c1-10-7-8-12(14(2,3)4)11-6-5-9-15-13(10)11/h5-9H,1-4H3. The summed E-state index contributed by atoms with van der Waals surface area (Å²) in [5.41, 5.74) is 3.93. The Morgan fingerprint density at radius 1 is 1.07 bits per heavy atom. The van der Waals surface area contributed by atoms with E-state index in [0.29, 0.717) is 0 Å². The first-order valence-corrected chi connectivity index (χ1v) is 5.35. The summed E-state index contributed by atoms with van der Waals surface area (Å²) in [6, 6.07) is 8.56. The van der Waals surface area contributed by atoms with E-state index >= 15 is 0 Å². The van der Waals surface area contributed by atoms with Crippen LogP contribution in [0.5, 0.6) is 0 Å². The Kier molecular flexibility index (Phi) is 2.26. The van der Waals surface area contributed by atoms with Crippen molar-refractivity contribution in [2.24, 2.45) is 0 Å². The SMILES string of the molecule is Cc1ccc(C(C)(C)C)c2cccnc12. The zero-order chi connectivity index (χ0) is 11.1. The Labute approximate surface area is 91.2 Å². The number of aromatic nitrogens is 1. The zero-order valence-electron chi connectivity index (χ0n) is 9.83. The van der Waals surface area contributed by atoms with Crippen molar-refractivity contribution in [2.45, 2.75) is 33.1 Å². The van der Waals surface area contributed by atoms with Crippen LogP contribution in [0.1, 0.15) is 31.9 Å². The van der Waals surface area contributed by atoms with Crippen LogP contribution in [-0.2, 0) is 5.41 Å². The normalized spacial score (nSPS) is 12.0. The van der Waals surface area contributed by atoms with Gasteiger partial charge in [0.1, 0.15) is 0 Å². The second-order valence-corrected chi connectivity index (χ2v) is 5.08. The van der Waals surface area contributed by atoms with E-state index in [2.05, 4.69) is 50.9 Å². The van der Waals surface area contributed by atoms with E-state index in [4.69, 9.17) is 0 Å². The summed E-state index contributed by atoms with van der Waals surface area (Å²) in [6.45, 7) is 8.83. The predicted octanol–water partition coefficient (Wildman–Crippen LogP) is 3.84. The molecule has 2 rings (SSSR count). The molecule has 0 aliphatic rings. The zero-order valence-corrected chi connectivity index (χ0v) is 9.83. The van der Waals surface area contributed by atoms with Crippen molar-refractivity contribution in [1.29, 1.82) is 0 Å². The van der Waals surface area contributed by atoms with Crippen LogP contribution in [0.15, 0.2) is 30.5 Å². The van der Waals surface area contributed by atoms with E-state index < -0.39 is 0 Å². The molecule has 78 valence electrons. The van der Waals surface area contributed by atoms with Crippen molar-refractivity contribution in [3.05, 3.63) is 41.6 Å². The third-order valence-electron chi connectivity index (χ3n) is 2.78. The van der Waals surface area contributed by atoms with Gasteiger partial charge in [0.05, 0.1) is 5.52 Å². The van der Waals surface area contributed by atoms with Gasteiger partial charge in [0.25, 0.3) is 0 Å². The molecule has 0 unspecified atom stereocenters. The van der Waals surface area contributed by atoms with Crippen LogP contribution in [0.4, 0.5) is 0 Å². The fourth-order valence-electron chi connectivity index (χ4n) is 1.97. The smallest absolute Gasteiger partial charge is 0.0734 e. The molecule has 1 heteroatoms. The summed E-state index contributed by atoms with van der Waals surface area (Å²) in [4.78, 5) is 4.45. The van der Waals surface area contributed by atoms with Crippen LogP contribution in [0.3, 0.4) is 0 Å². The Balaban J connectivity index is 2.84. The van der Waals surface area contributed by atoms with Gasteiger partial charge in [-0.2, -0.15) is 0 Å². The highest BCUT2D eigenvalue weighted by Gasteiger charge is 2.17. The molecule has 1 aromatic carbocycles. The van der Waals surface area contributed by atoms with Crippen LogP contribution in [0.25, 0.3) is 10.9 Å². The molecule has 1 heterocycles. The van der Waals surface area contributed by atoms with Gasteiger partial charge in [-0.25, -0.2) is 0 Å². The number of aryl methyl sites for hydroxylation is 1. The van der Waals surface area contributed by atoms with Crippen molar-refractivity contribution in [3.63, 3.8) is 0 Å². The van der Waals surface area contributed by atoms with Gasteiger partial charge in [-0.05, 0) is 29.5 Å². The summed E-state index contributed by atoms with van der Waals surface area (Å²) in [5, 5.41) is 1.28. The summed E-state index contributed by atoms with van der Waals surface area (Å²) in [7, 11) is 0. The highest BCUT2D eigenvalue weighted by Crippen LogP contribution is 2.30. The molecule has 1 nitrogen and oxygen atoms in total. The summed E-state index contributed by atoms with van der Waals surface area (Å²) < 4.78 is 0. The number of hydrogen-bond acceptors (Lipinski definition) is 1. The molecule has 0 saturated carbocycles. The number of pyridine rings is 1. The van der Waals surface area contributed by atoms with Crippen molar-refractivity contribution < 1.29 is 0 Å². The topological polar surface area (TPSA) is 12.9 Å². The van der Waals surface area contributed by atoms with Crippen molar-refractivity contribution in [2.75, 3.05) is 0 Å². The van der Waals surface area contributed by atoms with Gasteiger partial charge in [0.2, 0.25) is 0 Å². The first-order valence-electron chi connectivity index (χ1n) is 5.35. The average Bonchev–Trinajstić information content (AvgIpc) is 2.17. The van der Waals surface area contributed by atoms with Crippen molar-refractivity contribution in [3.8, 4) is 0 Å². The molecular formula is C14H17N. The molecule has 0 spiro atoms. The van der Waals surface area contributed by atoms with E-state index in [0.717, 1.165) is 5.52 Å². The van der Waals surface area contributed by atoms with Crippen LogP contribution in [0.2, 0.25) is 0 Å². The molecule has 0 fully saturated rings. The number of rotatable bonds is 0. The lowest BCUT2D eigenvalue weighted by molar-refractivity contribution is 0.595. The first-order chi connectivity index (χ1) is 7.00. The minimum absolute atomic E-state index is 0.176. The van der Waals surface area contributed by atoms with Gasteiger partial charge in [-0.3, -0.25) is 4.98 Å². The predicted molar refractivity (Wildman–Crippen MR) is 65.2 cm³/mol. The lowest BCUT2D eigenvalue weighted by atomic mass is 9.84. The van der Waals surface area contributed by atoms with Crippen LogP contribution in [-0.4, -0.2) is 4.98 Å². The number of fused-ring (bicyclic) bond motifs is 1. The van der Waals surface area contributed by atoms with Gasteiger partial charge in [0.15, 0.2) is 0 Å². The number of hydrogen-bond donors (Lipinski definition) is 0. The molecule has 0 aliphatic heterocycles. The largest absolute Gasteiger partial charge is 0.256 e. The number of benzene rings is 1. The van der Waals surface area contributed by atoms with Gasteiger partial charge >= 0.3 is 0 Å². The molecule has 0 aliphatic carbocycles. The number of nitrogens with zero attached hydrogens (tertiary/aromatic N) is 1. The Bertz CT molecular complexity index is 492. The Hall–Kier alpha value is -1.37. The van der Waals surface area contributed by atoms with Crippen LogP contribution in [0, 0.1) is 6.92 Å². The van der Waals surface area contributed by atoms with Gasteiger partial charge in [-0.1, -0.05) is 39.0 Å². The quantitative estimate of drug-likeness (QED) is 0.628. The molecule has 0 radical (unpaired) electrons. The van der Waals surface area contributed by atoms with Gasteiger partial charge < -0.3 is 0 Å². The molecule has 0 N–H and O–H groups in total. The third kappa shape index (κ3) is 1.74. The summed E-state index contributed by atoms with van der Waals surface area (Å²) in [5.74, 6) is 0. The maximum atomic E-state index is 4.45. The molecule has 0 atom stereocenters.